The highest BCUT2D eigenvalue weighted by atomic mass is 35.5. The molecule has 1 N–H and O–H groups in total. The second kappa shape index (κ2) is 16.7. The number of ketones is 1. The van der Waals surface area contributed by atoms with E-state index in [1.807, 2.05) is 32.0 Å². The van der Waals surface area contributed by atoms with Crippen LogP contribution in [0.25, 0.3) is 10.9 Å². The minimum Gasteiger partial charge on any atom is -0.379 e. The number of amides is 1. The Morgan fingerprint density at radius 1 is 0.884 bits per heavy atom. The van der Waals surface area contributed by atoms with Gasteiger partial charge in [0.25, 0.3) is 5.91 Å². The summed E-state index contributed by atoms with van der Waals surface area (Å²) in [7, 11) is 0. The second-order valence-corrected chi connectivity index (χ2v) is 11.6. The number of nitrogens with one attached hydrogen (secondary N) is 1. The van der Waals surface area contributed by atoms with E-state index in [1.165, 1.54) is 0 Å². The van der Waals surface area contributed by atoms with Crippen LogP contribution in [-0.2, 0) is 30.2 Å². The highest BCUT2D eigenvalue weighted by Gasteiger charge is 2.23. The molecule has 2 aromatic carbocycles. The summed E-state index contributed by atoms with van der Waals surface area (Å²) in [5, 5.41) is 4.44. The predicted octanol–water partition coefficient (Wildman–Crippen LogP) is 5.85. The van der Waals surface area contributed by atoms with Gasteiger partial charge in [-0.25, -0.2) is 0 Å². The van der Waals surface area contributed by atoms with E-state index >= 15 is 0 Å². The monoisotopic (exact) mass is 610 g/mol. The Balaban J connectivity index is 1.12. The number of carbonyl (C=O) groups is 3. The maximum absolute atomic E-state index is 13.4. The molecule has 1 aliphatic carbocycles. The molecule has 0 radical (unpaired) electrons. The van der Waals surface area contributed by atoms with Crippen molar-refractivity contribution in [3.63, 3.8) is 0 Å². The molecular weight excluding hydrogens is 568 g/mol. The number of aromatic nitrogens is 1. The Morgan fingerprint density at radius 3 is 2.23 bits per heavy atom. The fourth-order valence-electron chi connectivity index (χ4n) is 5.58. The molecule has 0 spiro atoms. The first-order valence-corrected chi connectivity index (χ1v) is 15.7. The molecule has 3 aromatic rings. The summed E-state index contributed by atoms with van der Waals surface area (Å²) < 4.78 is 18.4. The molecule has 0 unspecified atom stereocenters. The van der Waals surface area contributed by atoms with Gasteiger partial charge in [-0.05, 0) is 75.1 Å². The topological polar surface area (TPSA) is 95.9 Å². The molecule has 1 heterocycles. The molecule has 1 aromatic heterocycles. The third-order valence-electron chi connectivity index (χ3n) is 7.92. The van der Waals surface area contributed by atoms with Crippen LogP contribution in [0.4, 0.5) is 0 Å². The molecule has 1 aliphatic rings. The van der Waals surface area contributed by atoms with Crippen molar-refractivity contribution in [1.82, 2.24) is 9.88 Å². The SMILES string of the molecule is Cc1ccc2c(c1)c(CC(=O)CCCOCCOCCOCCNC(=O)C1CCCC1)c(C)n2C(=O)c1ccc(Cl)cc1. The van der Waals surface area contributed by atoms with Gasteiger partial charge in [-0.3, -0.25) is 19.0 Å². The number of fused-ring (bicyclic) bond motifs is 1. The van der Waals surface area contributed by atoms with Crippen LogP contribution in [-0.4, -0.2) is 68.4 Å². The molecule has 0 saturated heterocycles. The Labute approximate surface area is 259 Å². The lowest BCUT2D eigenvalue weighted by Gasteiger charge is -2.10. The Bertz CT molecular complexity index is 1380. The van der Waals surface area contributed by atoms with Crippen LogP contribution in [0.5, 0.6) is 0 Å². The third-order valence-corrected chi connectivity index (χ3v) is 8.17. The van der Waals surface area contributed by atoms with Gasteiger partial charge in [-0.15, -0.1) is 0 Å². The Morgan fingerprint density at radius 2 is 1.53 bits per heavy atom. The Kier molecular flexibility index (Phi) is 12.8. The first-order chi connectivity index (χ1) is 20.8. The van der Waals surface area contributed by atoms with E-state index in [2.05, 4.69) is 5.32 Å². The molecule has 232 valence electrons. The van der Waals surface area contributed by atoms with Crippen LogP contribution in [0.15, 0.2) is 42.5 Å². The number of benzene rings is 2. The summed E-state index contributed by atoms with van der Waals surface area (Å²) in [5.74, 6) is 0.295. The van der Waals surface area contributed by atoms with E-state index in [0.29, 0.717) is 69.6 Å². The van der Waals surface area contributed by atoms with E-state index in [9.17, 15) is 14.4 Å². The third kappa shape index (κ3) is 9.47. The van der Waals surface area contributed by atoms with Crippen LogP contribution in [0.2, 0.25) is 5.02 Å². The number of ether oxygens (including phenoxy) is 3. The molecule has 9 heteroatoms. The van der Waals surface area contributed by atoms with Crippen molar-refractivity contribution in [1.29, 1.82) is 0 Å². The van der Waals surface area contributed by atoms with Crippen molar-refractivity contribution in [2.45, 2.75) is 58.8 Å². The Hall–Kier alpha value is -3.04. The van der Waals surface area contributed by atoms with Gasteiger partial charge in [0.05, 0.1) is 38.6 Å². The van der Waals surface area contributed by atoms with Gasteiger partial charge in [0.2, 0.25) is 5.91 Å². The van der Waals surface area contributed by atoms with Gasteiger partial charge in [-0.1, -0.05) is 36.1 Å². The lowest BCUT2D eigenvalue weighted by Crippen LogP contribution is -2.32. The van der Waals surface area contributed by atoms with Crippen LogP contribution in [0, 0.1) is 19.8 Å². The molecular formula is C34H43ClN2O6. The van der Waals surface area contributed by atoms with E-state index in [4.69, 9.17) is 25.8 Å². The number of carbonyl (C=O) groups excluding carboxylic acids is 3. The van der Waals surface area contributed by atoms with Gasteiger partial charge in [0.1, 0.15) is 5.78 Å². The predicted molar refractivity (Wildman–Crippen MR) is 168 cm³/mol. The summed E-state index contributed by atoms with van der Waals surface area (Å²) >= 11 is 6.01. The largest absolute Gasteiger partial charge is 0.379 e. The van der Waals surface area contributed by atoms with Crippen molar-refractivity contribution in [3.05, 3.63) is 69.9 Å². The van der Waals surface area contributed by atoms with Crippen LogP contribution >= 0.6 is 11.6 Å². The first kappa shape index (κ1) is 32.9. The van der Waals surface area contributed by atoms with Crippen LogP contribution < -0.4 is 5.32 Å². The van der Waals surface area contributed by atoms with Crippen molar-refractivity contribution < 1.29 is 28.6 Å². The van der Waals surface area contributed by atoms with Crippen molar-refractivity contribution in [3.8, 4) is 0 Å². The minimum atomic E-state index is -0.146. The van der Waals surface area contributed by atoms with Gasteiger partial charge in [-0.2, -0.15) is 0 Å². The summed E-state index contributed by atoms with van der Waals surface area (Å²) in [4.78, 5) is 38.3. The maximum Gasteiger partial charge on any atom is 0.262 e. The quantitative estimate of drug-likeness (QED) is 0.193. The summed E-state index contributed by atoms with van der Waals surface area (Å²) in [5.41, 5.74) is 4.07. The van der Waals surface area contributed by atoms with Crippen LogP contribution in [0.1, 0.15) is 65.7 Å². The molecule has 0 bridgehead atoms. The normalized spacial score (nSPS) is 13.6. The van der Waals surface area contributed by atoms with E-state index in [-0.39, 0.29) is 29.9 Å². The zero-order chi connectivity index (χ0) is 30.6. The highest BCUT2D eigenvalue weighted by Crippen LogP contribution is 2.29. The number of rotatable bonds is 17. The number of hydrogen-bond acceptors (Lipinski definition) is 6. The molecule has 43 heavy (non-hydrogen) atoms. The molecule has 1 amide bonds. The molecule has 1 saturated carbocycles. The van der Waals surface area contributed by atoms with Gasteiger partial charge < -0.3 is 19.5 Å². The fraction of sp³-hybridized carbons (Fsp3) is 0.500. The number of aryl methyl sites for hydroxylation is 1. The maximum atomic E-state index is 13.4. The van der Waals surface area contributed by atoms with Crippen molar-refractivity contribution in [2.24, 2.45) is 5.92 Å². The number of Topliss-reactive ketones (excluding diaryl/α,β-unsaturated/α-hetero) is 1. The first-order valence-electron chi connectivity index (χ1n) is 15.3. The number of halogens is 1. The smallest absolute Gasteiger partial charge is 0.262 e. The standard InChI is InChI=1S/C34H43ClN2O6/c1-24-9-14-32-31(22-24)30(25(2)37(32)34(40)27-10-12-28(35)13-11-27)23-29(38)8-5-16-41-18-20-43-21-19-42-17-15-36-33(39)26-6-3-4-7-26/h9-14,22,26H,3-8,15-21,23H2,1-2H3,(H,36,39). The average molecular weight is 611 g/mol. The summed E-state index contributed by atoms with van der Waals surface area (Å²) in [6.07, 6.45) is 5.58. The molecule has 1 fully saturated rings. The number of hydrogen-bond donors (Lipinski definition) is 1. The zero-order valence-electron chi connectivity index (χ0n) is 25.3. The van der Waals surface area contributed by atoms with Gasteiger partial charge in [0, 0.05) is 53.6 Å². The van der Waals surface area contributed by atoms with E-state index in [1.54, 1.807) is 28.8 Å². The molecule has 4 rings (SSSR count). The highest BCUT2D eigenvalue weighted by molar-refractivity contribution is 6.30. The lowest BCUT2D eigenvalue weighted by atomic mass is 10.0. The van der Waals surface area contributed by atoms with Crippen molar-refractivity contribution in [2.75, 3.05) is 46.2 Å². The fourth-order valence-corrected chi connectivity index (χ4v) is 5.71. The van der Waals surface area contributed by atoms with Crippen LogP contribution in [0.3, 0.4) is 0 Å². The summed E-state index contributed by atoms with van der Waals surface area (Å²) in [6.45, 7) is 7.21. The van der Waals surface area contributed by atoms with E-state index in [0.717, 1.165) is 53.4 Å². The van der Waals surface area contributed by atoms with Crippen molar-refractivity contribution >= 4 is 40.1 Å². The second-order valence-electron chi connectivity index (χ2n) is 11.2. The van der Waals surface area contributed by atoms with E-state index < -0.39 is 0 Å². The summed E-state index contributed by atoms with van der Waals surface area (Å²) in [6, 6.07) is 12.8. The zero-order valence-corrected chi connectivity index (χ0v) is 26.0. The molecule has 0 atom stereocenters. The molecule has 8 nitrogen and oxygen atoms in total. The van der Waals surface area contributed by atoms with Gasteiger partial charge in [0.15, 0.2) is 0 Å². The molecule has 0 aliphatic heterocycles. The average Bonchev–Trinajstić information content (AvgIpc) is 3.62. The number of nitrogens with zero attached hydrogens (tertiary/aromatic N) is 1. The minimum absolute atomic E-state index is 0.110. The van der Waals surface area contributed by atoms with Gasteiger partial charge >= 0.3 is 0 Å². The lowest BCUT2D eigenvalue weighted by molar-refractivity contribution is -0.125.